The van der Waals surface area contributed by atoms with Crippen molar-refractivity contribution < 1.29 is 8.78 Å². The van der Waals surface area contributed by atoms with E-state index in [1.54, 1.807) is 26.1 Å². The molecule has 2 aromatic carbocycles. The molecular weight excluding hydrogens is 312 g/mol. The van der Waals surface area contributed by atoms with E-state index in [-0.39, 0.29) is 5.56 Å². The van der Waals surface area contributed by atoms with Gasteiger partial charge < -0.3 is 5.32 Å². The van der Waals surface area contributed by atoms with Crippen LogP contribution in [-0.4, -0.2) is 12.8 Å². The first kappa shape index (κ1) is 16.3. The highest BCUT2D eigenvalue weighted by Gasteiger charge is 2.20. The molecule has 0 amide bonds. The van der Waals surface area contributed by atoms with Crippen molar-refractivity contribution in [1.29, 1.82) is 0 Å². The first-order valence-electron chi connectivity index (χ1n) is 6.53. The number of benzene rings is 2. The second-order valence-corrected chi connectivity index (χ2v) is 6.23. The van der Waals surface area contributed by atoms with E-state index in [1.807, 2.05) is 12.1 Å². The molecule has 5 heteroatoms. The predicted octanol–water partition coefficient (Wildman–Crippen LogP) is 4.98. The van der Waals surface area contributed by atoms with Gasteiger partial charge in [0, 0.05) is 27.3 Å². The van der Waals surface area contributed by atoms with Crippen molar-refractivity contribution in [3.63, 3.8) is 0 Å². The number of rotatable bonds is 5. The minimum atomic E-state index is -0.519. The molecule has 0 saturated carbocycles. The van der Waals surface area contributed by atoms with Crippen LogP contribution in [0, 0.1) is 18.6 Å². The van der Waals surface area contributed by atoms with Gasteiger partial charge in [0.2, 0.25) is 0 Å². The zero-order valence-corrected chi connectivity index (χ0v) is 13.4. The van der Waals surface area contributed by atoms with Crippen molar-refractivity contribution in [3.8, 4) is 0 Å². The summed E-state index contributed by atoms with van der Waals surface area (Å²) in [6.45, 7) is 1.64. The third kappa shape index (κ3) is 3.96. The Balaban J connectivity index is 2.17. The fourth-order valence-corrected chi connectivity index (χ4v) is 3.17. The van der Waals surface area contributed by atoms with Crippen molar-refractivity contribution in [2.24, 2.45) is 0 Å². The highest BCUT2D eigenvalue weighted by atomic mass is 35.5. The number of hydrogen-bond donors (Lipinski definition) is 1. The van der Waals surface area contributed by atoms with Crippen LogP contribution in [0.4, 0.5) is 8.78 Å². The fourth-order valence-electron chi connectivity index (χ4n) is 2.02. The molecule has 0 aliphatic rings. The van der Waals surface area contributed by atoms with E-state index in [1.165, 1.54) is 23.9 Å². The summed E-state index contributed by atoms with van der Waals surface area (Å²) in [4.78, 5) is 1.01. The predicted molar refractivity (Wildman–Crippen MR) is 85.1 cm³/mol. The van der Waals surface area contributed by atoms with Gasteiger partial charge in [-0.25, -0.2) is 8.78 Å². The van der Waals surface area contributed by atoms with E-state index >= 15 is 0 Å². The Morgan fingerprint density at radius 2 is 1.81 bits per heavy atom. The average Bonchev–Trinajstić information content (AvgIpc) is 2.48. The minimum Gasteiger partial charge on any atom is -0.312 e. The lowest BCUT2D eigenvalue weighted by molar-refractivity contribution is 0.509. The van der Waals surface area contributed by atoms with Crippen LogP contribution in [0.15, 0.2) is 41.3 Å². The fraction of sp³-hybridized carbons (Fsp3) is 0.250. The maximum atomic E-state index is 14.2. The van der Waals surface area contributed by atoms with Crippen molar-refractivity contribution in [1.82, 2.24) is 5.32 Å². The number of halogens is 3. The molecule has 112 valence electrons. The Bertz CT molecular complexity index is 616. The Morgan fingerprint density at radius 1 is 1.14 bits per heavy atom. The van der Waals surface area contributed by atoms with Crippen LogP contribution in [0.3, 0.4) is 0 Å². The number of nitrogens with one attached hydrogen (secondary N) is 1. The van der Waals surface area contributed by atoms with E-state index in [0.29, 0.717) is 16.3 Å². The van der Waals surface area contributed by atoms with Gasteiger partial charge in [-0.3, -0.25) is 0 Å². The summed E-state index contributed by atoms with van der Waals surface area (Å²) in [7, 11) is 1.70. The van der Waals surface area contributed by atoms with Crippen LogP contribution in [0.5, 0.6) is 0 Å². The van der Waals surface area contributed by atoms with Crippen molar-refractivity contribution in [2.45, 2.75) is 17.9 Å². The molecule has 0 fully saturated rings. The molecule has 0 spiro atoms. The van der Waals surface area contributed by atoms with E-state index in [0.717, 1.165) is 4.90 Å². The summed E-state index contributed by atoms with van der Waals surface area (Å²) >= 11 is 7.36. The van der Waals surface area contributed by atoms with Gasteiger partial charge in [0.1, 0.15) is 11.6 Å². The quantitative estimate of drug-likeness (QED) is 0.777. The monoisotopic (exact) mass is 327 g/mol. The molecule has 0 aliphatic heterocycles. The van der Waals surface area contributed by atoms with Gasteiger partial charge in [-0.1, -0.05) is 17.7 Å². The summed E-state index contributed by atoms with van der Waals surface area (Å²) in [5.41, 5.74) is 0.544. The SMILES string of the molecule is CNC(CSc1ccc(Cl)cc1)c1c(F)ccc(C)c1F. The zero-order valence-electron chi connectivity index (χ0n) is 11.8. The molecule has 1 N–H and O–H groups in total. The summed E-state index contributed by atoms with van der Waals surface area (Å²) in [5.74, 6) is -0.477. The van der Waals surface area contributed by atoms with Gasteiger partial charge >= 0.3 is 0 Å². The first-order valence-corrected chi connectivity index (χ1v) is 7.89. The molecule has 1 atom stereocenters. The highest BCUT2D eigenvalue weighted by Crippen LogP contribution is 2.29. The molecule has 1 nitrogen and oxygen atoms in total. The largest absolute Gasteiger partial charge is 0.312 e. The smallest absolute Gasteiger partial charge is 0.133 e. The molecule has 0 radical (unpaired) electrons. The number of hydrogen-bond acceptors (Lipinski definition) is 2. The molecule has 0 saturated heterocycles. The maximum Gasteiger partial charge on any atom is 0.133 e. The van der Waals surface area contributed by atoms with Crippen LogP contribution in [0.1, 0.15) is 17.2 Å². The molecule has 0 aliphatic carbocycles. The van der Waals surface area contributed by atoms with Gasteiger partial charge in [0.15, 0.2) is 0 Å². The summed E-state index contributed by atoms with van der Waals surface area (Å²) in [6, 6.07) is 9.74. The Kier molecular flexibility index (Phi) is 5.62. The van der Waals surface area contributed by atoms with Gasteiger partial charge in [0.05, 0.1) is 0 Å². The molecule has 1 unspecified atom stereocenters. The molecule has 2 aromatic rings. The van der Waals surface area contributed by atoms with Crippen LogP contribution < -0.4 is 5.32 Å². The van der Waals surface area contributed by atoms with Gasteiger partial charge in [-0.15, -0.1) is 11.8 Å². The van der Waals surface area contributed by atoms with E-state index in [2.05, 4.69) is 5.32 Å². The third-order valence-corrected chi connectivity index (χ3v) is 4.60. The van der Waals surface area contributed by atoms with Crippen LogP contribution >= 0.6 is 23.4 Å². The normalized spacial score (nSPS) is 12.4. The second kappa shape index (κ2) is 7.25. The summed E-state index contributed by atoms with van der Waals surface area (Å²) in [6.07, 6.45) is 0. The molecule has 0 heterocycles. The maximum absolute atomic E-state index is 14.2. The van der Waals surface area contributed by atoms with Gasteiger partial charge in [-0.05, 0) is 49.9 Å². The van der Waals surface area contributed by atoms with E-state index < -0.39 is 17.7 Å². The van der Waals surface area contributed by atoms with Crippen LogP contribution in [0.2, 0.25) is 5.02 Å². The lowest BCUT2D eigenvalue weighted by Gasteiger charge is -2.18. The standard InChI is InChI=1S/C16H16ClF2NS/c1-10-3-8-13(18)15(16(10)19)14(20-2)9-21-12-6-4-11(17)5-7-12/h3-8,14,20H,9H2,1-2H3. The molecule has 2 rings (SSSR count). The first-order chi connectivity index (χ1) is 10.0. The summed E-state index contributed by atoms with van der Waals surface area (Å²) < 4.78 is 28.1. The van der Waals surface area contributed by atoms with Crippen LogP contribution in [-0.2, 0) is 0 Å². The zero-order chi connectivity index (χ0) is 15.4. The average molecular weight is 328 g/mol. The van der Waals surface area contributed by atoms with Gasteiger partial charge in [-0.2, -0.15) is 0 Å². The van der Waals surface area contributed by atoms with E-state index in [9.17, 15) is 8.78 Å². The third-order valence-electron chi connectivity index (χ3n) is 3.25. The van der Waals surface area contributed by atoms with Crippen molar-refractivity contribution in [2.75, 3.05) is 12.8 Å². The van der Waals surface area contributed by atoms with Crippen molar-refractivity contribution in [3.05, 3.63) is 64.2 Å². The highest BCUT2D eigenvalue weighted by molar-refractivity contribution is 7.99. The molecule has 0 bridgehead atoms. The molecule has 21 heavy (non-hydrogen) atoms. The van der Waals surface area contributed by atoms with Crippen LogP contribution in [0.25, 0.3) is 0 Å². The van der Waals surface area contributed by atoms with Gasteiger partial charge in [0.25, 0.3) is 0 Å². The van der Waals surface area contributed by atoms with Crippen molar-refractivity contribution >= 4 is 23.4 Å². The lowest BCUT2D eigenvalue weighted by atomic mass is 10.0. The minimum absolute atomic E-state index is 0.0963. The summed E-state index contributed by atoms with van der Waals surface area (Å²) in [5, 5.41) is 3.65. The lowest BCUT2D eigenvalue weighted by Crippen LogP contribution is -2.22. The Morgan fingerprint density at radius 3 is 2.43 bits per heavy atom. The number of thioether (sulfide) groups is 1. The number of aryl methyl sites for hydroxylation is 1. The Labute approximate surface area is 132 Å². The topological polar surface area (TPSA) is 12.0 Å². The second-order valence-electron chi connectivity index (χ2n) is 4.70. The Hall–Kier alpha value is -1.10. The molecular formula is C16H16ClF2NS. The van der Waals surface area contributed by atoms with E-state index in [4.69, 9.17) is 11.6 Å². The molecule has 0 aromatic heterocycles.